The summed E-state index contributed by atoms with van der Waals surface area (Å²) < 4.78 is 34.3. The summed E-state index contributed by atoms with van der Waals surface area (Å²) in [4.78, 5) is 13.3. The van der Waals surface area contributed by atoms with E-state index in [1.165, 1.54) is 161 Å². The van der Waals surface area contributed by atoms with Crippen LogP contribution in [0.4, 0.5) is 0 Å². The number of nitrogens with one attached hydrogen (secondary N) is 1. The Kier molecular flexibility index (Phi) is 39.6. The summed E-state index contributed by atoms with van der Waals surface area (Å²) in [5.74, 6) is -0.241. The fraction of sp³-hybridized carbons (Fsp3) is 0.983. The normalized spacial score (nSPS) is 30.4. The van der Waals surface area contributed by atoms with Gasteiger partial charge in [0.2, 0.25) is 5.91 Å². The second kappa shape index (κ2) is 43.4. The average molecular weight is 1120 g/mol. The van der Waals surface area contributed by atoms with E-state index >= 15 is 0 Å². The lowest BCUT2D eigenvalue weighted by atomic mass is 9.96. The van der Waals surface area contributed by atoms with Crippen LogP contribution in [0, 0.1) is 0 Å². The van der Waals surface area contributed by atoms with Crippen LogP contribution in [0.2, 0.25) is 0 Å². The number of rotatable bonds is 47. The zero-order valence-electron chi connectivity index (χ0n) is 48.2. The molecule has 12 N–H and O–H groups in total. The van der Waals surface area contributed by atoms with Crippen molar-refractivity contribution in [2.45, 2.75) is 343 Å². The zero-order valence-corrected chi connectivity index (χ0v) is 48.2. The highest BCUT2D eigenvalue weighted by Crippen LogP contribution is 2.33. The molecule has 0 radical (unpaired) electrons. The summed E-state index contributed by atoms with van der Waals surface area (Å²) in [7, 11) is 0. The minimum Gasteiger partial charge on any atom is -0.394 e. The number of aliphatic hydroxyl groups excluding tert-OH is 11. The molecule has 78 heavy (non-hydrogen) atoms. The number of carbonyl (C=O) groups is 1. The van der Waals surface area contributed by atoms with Gasteiger partial charge in [0, 0.05) is 6.42 Å². The average Bonchev–Trinajstić information content (AvgIpc) is 3.48. The third-order valence-corrected chi connectivity index (χ3v) is 16.2. The number of ether oxygens (including phenoxy) is 6. The lowest BCUT2D eigenvalue weighted by Gasteiger charge is -2.48. The van der Waals surface area contributed by atoms with Crippen molar-refractivity contribution >= 4 is 5.91 Å². The number of hydrogen-bond donors (Lipinski definition) is 12. The largest absolute Gasteiger partial charge is 0.394 e. The van der Waals surface area contributed by atoms with Gasteiger partial charge in [0.05, 0.1) is 38.6 Å². The molecule has 0 aromatic carbocycles. The Hall–Kier alpha value is -1.21. The van der Waals surface area contributed by atoms with E-state index in [-0.39, 0.29) is 18.9 Å². The van der Waals surface area contributed by atoms with E-state index in [4.69, 9.17) is 28.4 Å². The van der Waals surface area contributed by atoms with Crippen molar-refractivity contribution in [1.29, 1.82) is 0 Å². The molecule has 0 saturated carbocycles. The molecule has 19 nitrogen and oxygen atoms in total. The van der Waals surface area contributed by atoms with Gasteiger partial charge in [-0.15, -0.1) is 0 Å². The summed E-state index contributed by atoms with van der Waals surface area (Å²) in [6, 6.07) is -0.879. The van der Waals surface area contributed by atoms with Crippen LogP contribution in [0.1, 0.15) is 239 Å². The van der Waals surface area contributed by atoms with Gasteiger partial charge in [0.25, 0.3) is 0 Å². The molecule has 3 heterocycles. The first-order valence-corrected chi connectivity index (χ1v) is 31.3. The third kappa shape index (κ3) is 27.0. The van der Waals surface area contributed by atoms with Gasteiger partial charge in [0.15, 0.2) is 18.9 Å². The number of amides is 1. The molecule has 0 aliphatic carbocycles. The van der Waals surface area contributed by atoms with Crippen molar-refractivity contribution in [3.63, 3.8) is 0 Å². The highest BCUT2D eigenvalue weighted by atomic mass is 16.8. The highest BCUT2D eigenvalue weighted by Gasteiger charge is 2.53. The molecule has 3 rings (SSSR count). The van der Waals surface area contributed by atoms with E-state index in [1.807, 2.05) is 0 Å². The first-order valence-electron chi connectivity index (χ1n) is 31.3. The molecular formula is C59H113NO18. The van der Waals surface area contributed by atoms with E-state index < -0.39 is 124 Å². The van der Waals surface area contributed by atoms with E-state index in [9.17, 15) is 61.0 Å². The maximum Gasteiger partial charge on any atom is 0.220 e. The molecule has 3 aliphatic rings. The Balaban J connectivity index is 1.45. The monoisotopic (exact) mass is 1120 g/mol. The van der Waals surface area contributed by atoms with Crippen molar-refractivity contribution in [3.8, 4) is 0 Å². The summed E-state index contributed by atoms with van der Waals surface area (Å²) in [6.45, 7) is 1.80. The van der Waals surface area contributed by atoms with Gasteiger partial charge in [-0.05, 0) is 12.8 Å². The molecule has 17 unspecified atom stereocenters. The van der Waals surface area contributed by atoms with E-state index in [2.05, 4.69) is 19.2 Å². The number of hydrogen-bond acceptors (Lipinski definition) is 18. The second-order valence-electron chi connectivity index (χ2n) is 22.9. The van der Waals surface area contributed by atoms with Crippen LogP contribution < -0.4 is 5.32 Å². The van der Waals surface area contributed by atoms with Gasteiger partial charge in [0.1, 0.15) is 73.2 Å². The van der Waals surface area contributed by atoms with Crippen LogP contribution >= 0.6 is 0 Å². The predicted octanol–water partition coefficient (Wildman–Crippen LogP) is 5.99. The molecule has 462 valence electrons. The molecule has 3 saturated heterocycles. The zero-order chi connectivity index (χ0) is 56.9. The molecule has 17 atom stereocenters. The van der Waals surface area contributed by atoms with Crippen molar-refractivity contribution in [2.24, 2.45) is 0 Å². The molecule has 1 amide bonds. The molecule has 3 fully saturated rings. The third-order valence-electron chi connectivity index (χ3n) is 16.2. The quantitative estimate of drug-likeness (QED) is 0.0312. The van der Waals surface area contributed by atoms with E-state index in [1.54, 1.807) is 0 Å². The maximum absolute atomic E-state index is 13.3. The van der Waals surface area contributed by atoms with Crippen LogP contribution in [-0.2, 0) is 33.2 Å². The molecule has 0 spiro atoms. The van der Waals surface area contributed by atoms with Gasteiger partial charge >= 0.3 is 0 Å². The Morgan fingerprint density at radius 1 is 0.410 bits per heavy atom. The van der Waals surface area contributed by atoms with Crippen LogP contribution in [-0.4, -0.2) is 193 Å². The van der Waals surface area contributed by atoms with Crippen molar-refractivity contribution < 1.29 is 89.4 Å². The molecular weight excluding hydrogens is 1010 g/mol. The molecule has 0 bridgehead atoms. The van der Waals surface area contributed by atoms with Crippen molar-refractivity contribution in [3.05, 3.63) is 0 Å². The molecule has 19 heteroatoms. The Bertz CT molecular complexity index is 1440. The van der Waals surface area contributed by atoms with Crippen molar-refractivity contribution in [1.82, 2.24) is 5.32 Å². The van der Waals surface area contributed by atoms with Gasteiger partial charge < -0.3 is 89.9 Å². The predicted molar refractivity (Wildman–Crippen MR) is 296 cm³/mol. The lowest BCUT2D eigenvalue weighted by molar-refractivity contribution is -0.379. The fourth-order valence-corrected chi connectivity index (χ4v) is 11.0. The van der Waals surface area contributed by atoms with Crippen molar-refractivity contribution in [2.75, 3.05) is 26.4 Å². The van der Waals surface area contributed by atoms with Gasteiger partial charge in [-0.25, -0.2) is 0 Å². The number of carbonyl (C=O) groups excluding carboxylic acids is 1. The first kappa shape index (κ1) is 71.1. The Morgan fingerprint density at radius 2 is 0.731 bits per heavy atom. The van der Waals surface area contributed by atoms with Crippen LogP contribution in [0.5, 0.6) is 0 Å². The summed E-state index contributed by atoms with van der Waals surface area (Å²) >= 11 is 0. The lowest BCUT2D eigenvalue weighted by Crippen LogP contribution is -2.66. The van der Waals surface area contributed by atoms with Gasteiger partial charge in [-0.2, -0.15) is 0 Å². The Labute approximate surface area is 468 Å². The van der Waals surface area contributed by atoms with Crippen LogP contribution in [0.25, 0.3) is 0 Å². The van der Waals surface area contributed by atoms with Gasteiger partial charge in [-0.3, -0.25) is 4.79 Å². The maximum atomic E-state index is 13.3. The summed E-state index contributed by atoms with van der Waals surface area (Å²) in [5.41, 5.74) is 0. The van der Waals surface area contributed by atoms with E-state index in [0.29, 0.717) is 12.8 Å². The summed E-state index contributed by atoms with van der Waals surface area (Å²) in [5, 5.41) is 120. The highest BCUT2D eigenvalue weighted by molar-refractivity contribution is 5.76. The number of unbranched alkanes of at least 4 members (excludes halogenated alkanes) is 31. The molecule has 0 aromatic rings. The minimum atomic E-state index is -1.97. The summed E-state index contributed by atoms with van der Waals surface area (Å²) in [6.07, 6.45) is 14.8. The molecule has 0 aromatic heterocycles. The number of aliphatic hydroxyl groups is 11. The molecule has 3 aliphatic heterocycles. The van der Waals surface area contributed by atoms with E-state index in [0.717, 1.165) is 44.9 Å². The smallest absolute Gasteiger partial charge is 0.220 e. The Morgan fingerprint density at radius 3 is 1.12 bits per heavy atom. The topological polar surface area (TPSA) is 307 Å². The van der Waals surface area contributed by atoms with Crippen LogP contribution in [0.15, 0.2) is 0 Å². The fourth-order valence-electron chi connectivity index (χ4n) is 11.0. The second-order valence-corrected chi connectivity index (χ2v) is 22.9. The SMILES string of the molecule is CCCCCCCCCCCCCCCCCCCCCCCCC(O)C(COC1OC(CO)C(OC2OC(CO)C(OC3OC(CO)C(O)C(O)C3O)C(O)C2O)C(O)C1O)NC(=O)CCCCCCCCCCCCC. The minimum absolute atomic E-state index is 0.241. The van der Waals surface area contributed by atoms with Crippen LogP contribution in [0.3, 0.4) is 0 Å². The standard InChI is InChI=1S/C59H113NO18/c1-3-5-7-9-11-13-15-16-17-18-19-20-21-22-23-24-25-27-28-30-32-34-36-43(64)42(60-47(65)37-35-33-31-29-26-14-12-10-8-6-4-2)41-73-57-53(71)50(68)55(45(39-62)75-57)78-59-54(72)51(69)56(46(40-63)76-59)77-58-52(70)49(67)48(66)44(38-61)74-58/h42-46,48-59,61-64,66-72H,3-41H2,1-2H3,(H,60,65). The van der Waals surface area contributed by atoms with Gasteiger partial charge in [-0.1, -0.05) is 219 Å². The first-order chi connectivity index (χ1) is 37.8.